The molecular weight excluding hydrogens is 362 g/mol. The zero-order chi connectivity index (χ0) is 20.5. The summed E-state index contributed by atoms with van der Waals surface area (Å²) in [5.41, 5.74) is 2.24. The van der Waals surface area contributed by atoms with Crippen molar-refractivity contribution in [2.75, 3.05) is 22.5 Å². The van der Waals surface area contributed by atoms with Crippen molar-refractivity contribution < 1.29 is 9.59 Å². The van der Waals surface area contributed by atoms with Gasteiger partial charge in [-0.15, -0.1) is 0 Å². The van der Waals surface area contributed by atoms with E-state index >= 15 is 0 Å². The van der Waals surface area contributed by atoms with Crippen LogP contribution in [0.2, 0.25) is 0 Å². The Morgan fingerprint density at radius 2 is 1.45 bits per heavy atom. The average Bonchev–Trinajstić information content (AvgIpc) is 2.72. The number of rotatable bonds is 9. The fourth-order valence-electron chi connectivity index (χ4n) is 3.12. The average molecular weight is 389 g/mol. The summed E-state index contributed by atoms with van der Waals surface area (Å²) in [6.07, 6.45) is 3.54. The minimum Gasteiger partial charge on any atom is -0.376 e. The fraction of sp³-hybridized carbons (Fsp3) is 0.250. The van der Waals surface area contributed by atoms with Crippen molar-refractivity contribution >= 4 is 39.6 Å². The first kappa shape index (κ1) is 20.4. The number of nitrogens with one attached hydrogen (secondary N) is 3. The second-order valence-corrected chi connectivity index (χ2v) is 7.05. The summed E-state index contributed by atoms with van der Waals surface area (Å²) in [6.45, 7) is 2.27. The quantitative estimate of drug-likeness (QED) is 0.429. The van der Waals surface area contributed by atoms with Crippen LogP contribution < -0.4 is 16.0 Å². The van der Waals surface area contributed by atoms with E-state index in [1.807, 2.05) is 48.5 Å². The zero-order valence-corrected chi connectivity index (χ0v) is 16.7. The smallest absolute Gasteiger partial charge is 0.243 e. The van der Waals surface area contributed by atoms with Gasteiger partial charge in [0.25, 0.3) is 0 Å². The molecule has 2 amide bonds. The Bertz CT molecular complexity index is 985. The van der Waals surface area contributed by atoms with E-state index in [1.54, 1.807) is 12.1 Å². The standard InChI is InChI=1S/C24H27N3O2/c1-2-3-4-12-23(28)26-21-10-7-11-22(16-21)27-24(29)17-25-20-14-13-18-8-5-6-9-19(18)15-20/h5-11,13-16,25H,2-4,12,17H2,1H3,(H,26,28)(H,27,29). The predicted octanol–water partition coefficient (Wildman–Crippen LogP) is 5.41. The lowest BCUT2D eigenvalue weighted by molar-refractivity contribution is -0.116. The molecule has 3 aromatic carbocycles. The normalized spacial score (nSPS) is 10.5. The monoisotopic (exact) mass is 389 g/mol. The molecule has 3 N–H and O–H groups in total. The van der Waals surface area contributed by atoms with Gasteiger partial charge in [0.1, 0.15) is 0 Å². The Hall–Kier alpha value is -3.34. The summed E-state index contributed by atoms with van der Waals surface area (Å²) >= 11 is 0. The molecule has 0 spiro atoms. The first-order chi connectivity index (χ1) is 14.1. The molecule has 29 heavy (non-hydrogen) atoms. The highest BCUT2D eigenvalue weighted by Gasteiger charge is 2.06. The van der Waals surface area contributed by atoms with E-state index in [-0.39, 0.29) is 18.4 Å². The highest BCUT2D eigenvalue weighted by Crippen LogP contribution is 2.19. The third-order valence-corrected chi connectivity index (χ3v) is 4.64. The SMILES string of the molecule is CCCCCC(=O)Nc1cccc(NC(=O)CNc2ccc3ccccc3c2)c1. The molecule has 3 aromatic rings. The van der Waals surface area contributed by atoms with E-state index in [2.05, 4.69) is 28.9 Å². The maximum Gasteiger partial charge on any atom is 0.243 e. The molecule has 0 radical (unpaired) electrons. The Morgan fingerprint density at radius 3 is 2.21 bits per heavy atom. The van der Waals surface area contributed by atoms with Crippen molar-refractivity contribution in [3.05, 3.63) is 66.7 Å². The number of carbonyl (C=O) groups excluding carboxylic acids is 2. The van der Waals surface area contributed by atoms with Crippen molar-refractivity contribution in [3.8, 4) is 0 Å². The Morgan fingerprint density at radius 1 is 0.724 bits per heavy atom. The molecule has 5 heteroatoms. The van der Waals surface area contributed by atoms with Gasteiger partial charge in [-0.1, -0.05) is 56.2 Å². The van der Waals surface area contributed by atoms with Crippen molar-refractivity contribution in [3.63, 3.8) is 0 Å². The van der Waals surface area contributed by atoms with Gasteiger partial charge in [-0.2, -0.15) is 0 Å². The van der Waals surface area contributed by atoms with E-state index < -0.39 is 0 Å². The molecule has 150 valence electrons. The van der Waals surface area contributed by atoms with Gasteiger partial charge in [-0.05, 0) is 47.5 Å². The number of benzene rings is 3. The van der Waals surface area contributed by atoms with Crippen molar-refractivity contribution in [2.45, 2.75) is 32.6 Å². The van der Waals surface area contributed by atoms with Crippen molar-refractivity contribution in [1.29, 1.82) is 0 Å². The van der Waals surface area contributed by atoms with Gasteiger partial charge < -0.3 is 16.0 Å². The number of hydrogen-bond donors (Lipinski definition) is 3. The third-order valence-electron chi connectivity index (χ3n) is 4.64. The van der Waals surface area contributed by atoms with Crippen LogP contribution in [-0.4, -0.2) is 18.4 Å². The number of anilines is 3. The van der Waals surface area contributed by atoms with Crippen LogP contribution in [0.25, 0.3) is 10.8 Å². The molecule has 0 aliphatic carbocycles. The van der Waals surface area contributed by atoms with E-state index in [9.17, 15) is 9.59 Å². The Kier molecular flexibility index (Phi) is 7.22. The van der Waals surface area contributed by atoms with Crippen LogP contribution in [0, 0.1) is 0 Å². The third kappa shape index (κ3) is 6.35. The lowest BCUT2D eigenvalue weighted by Crippen LogP contribution is -2.21. The van der Waals surface area contributed by atoms with E-state index in [1.165, 1.54) is 0 Å². The predicted molar refractivity (Wildman–Crippen MR) is 120 cm³/mol. The highest BCUT2D eigenvalue weighted by molar-refractivity contribution is 5.96. The second-order valence-electron chi connectivity index (χ2n) is 7.05. The molecule has 0 saturated carbocycles. The van der Waals surface area contributed by atoms with Gasteiger partial charge in [-0.25, -0.2) is 0 Å². The van der Waals surface area contributed by atoms with Crippen LogP contribution in [-0.2, 0) is 9.59 Å². The maximum absolute atomic E-state index is 12.3. The molecule has 0 atom stereocenters. The molecule has 0 aromatic heterocycles. The van der Waals surface area contributed by atoms with Crippen LogP contribution in [0.4, 0.5) is 17.1 Å². The van der Waals surface area contributed by atoms with Gasteiger partial charge in [0, 0.05) is 23.5 Å². The molecule has 0 heterocycles. The van der Waals surface area contributed by atoms with E-state index in [4.69, 9.17) is 0 Å². The Balaban J connectivity index is 1.51. The molecule has 3 rings (SSSR count). The summed E-state index contributed by atoms with van der Waals surface area (Å²) in [5.74, 6) is -0.149. The maximum atomic E-state index is 12.3. The largest absolute Gasteiger partial charge is 0.376 e. The lowest BCUT2D eigenvalue weighted by Gasteiger charge is -2.10. The number of fused-ring (bicyclic) bond motifs is 1. The molecule has 0 bridgehead atoms. The van der Waals surface area contributed by atoms with Crippen LogP contribution in [0.1, 0.15) is 32.6 Å². The zero-order valence-electron chi connectivity index (χ0n) is 16.7. The highest BCUT2D eigenvalue weighted by atomic mass is 16.2. The molecule has 0 fully saturated rings. The molecule has 0 saturated heterocycles. The Labute approximate surface area is 171 Å². The molecular formula is C24H27N3O2. The van der Waals surface area contributed by atoms with Crippen LogP contribution in [0.5, 0.6) is 0 Å². The van der Waals surface area contributed by atoms with E-state index in [0.717, 1.165) is 35.7 Å². The minimum absolute atomic E-state index is 0.0000951. The number of unbranched alkanes of at least 4 members (excludes halogenated alkanes) is 2. The molecule has 5 nitrogen and oxygen atoms in total. The summed E-state index contributed by atoms with van der Waals surface area (Å²) in [5, 5.41) is 11.2. The van der Waals surface area contributed by atoms with Gasteiger partial charge >= 0.3 is 0 Å². The first-order valence-corrected chi connectivity index (χ1v) is 10.1. The topological polar surface area (TPSA) is 70.2 Å². The number of carbonyl (C=O) groups is 2. The van der Waals surface area contributed by atoms with E-state index in [0.29, 0.717) is 17.8 Å². The summed E-state index contributed by atoms with van der Waals surface area (Å²) in [4.78, 5) is 24.3. The fourth-order valence-corrected chi connectivity index (χ4v) is 3.12. The van der Waals surface area contributed by atoms with Crippen LogP contribution >= 0.6 is 0 Å². The van der Waals surface area contributed by atoms with Crippen LogP contribution in [0.3, 0.4) is 0 Å². The van der Waals surface area contributed by atoms with Gasteiger partial charge in [-0.3, -0.25) is 9.59 Å². The van der Waals surface area contributed by atoms with Crippen LogP contribution in [0.15, 0.2) is 66.7 Å². The van der Waals surface area contributed by atoms with Gasteiger partial charge in [0.05, 0.1) is 6.54 Å². The number of hydrogen-bond acceptors (Lipinski definition) is 3. The van der Waals surface area contributed by atoms with Gasteiger partial charge in [0.15, 0.2) is 0 Å². The minimum atomic E-state index is -0.149. The number of amides is 2. The molecule has 0 aliphatic rings. The van der Waals surface area contributed by atoms with Crippen molar-refractivity contribution in [1.82, 2.24) is 0 Å². The molecule has 0 aliphatic heterocycles. The summed E-state index contributed by atoms with van der Waals surface area (Å²) in [7, 11) is 0. The second kappa shape index (κ2) is 10.3. The summed E-state index contributed by atoms with van der Waals surface area (Å²) in [6, 6.07) is 21.3. The molecule has 0 unspecified atom stereocenters. The van der Waals surface area contributed by atoms with Crippen molar-refractivity contribution in [2.24, 2.45) is 0 Å². The first-order valence-electron chi connectivity index (χ1n) is 10.1. The lowest BCUT2D eigenvalue weighted by atomic mass is 10.1. The summed E-state index contributed by atoms with van der Waals surface area (Å²) < 4.78 is 0. The van der Waals surface area contributed by atoms with Gasteiger partial charge in [0.2, 0.25) is 11.8 Å².